The monoisotopic (exact) mass is 238 g/mol. The lowest BCUT2D eigenvalue weighted by Crippen LogP contribution is -2.14. The molecule has 6 nitrogen and oxygen atoms in total. The molecular formula is C9H10N4O2S. The highest BCUT2D eigenvalue weighted by Gasteiger charge is 2.15. The fourth-order valence-corrected chi connectivity index (χ4v) is 2.09. The van der Waals surface area contributed by atoms with Crippen LogP contribution in [0, 0.1) is 6.92 Å². The number of rotatable bonds is 3. The van der Waals surface area contributed by atoms with Gasteiger partial charge in [-0.15, -0.1) is 0 Å². The zero-order valence-corrected chi connectivity index (χ0v) is 9.32. The first-order chi connectivity index (χ1) is 7.58. The van der Waals surface area contributed by atoms with Crippen LogP contribution in [-0.2, 0) is 10.0 Å². The zero-order valence-electron chi connectivity index (χ0n) is 8.51. The molecule has 0 saturated heterocycles. The molecule has 0 saturated carbocycles. The van der Waals surface area contributed by atoms with Crippen molar-refractivity contribution in [2.24, 2.45) is 0 Å². The molecule has 16 heavy (non-hydrogen) atoms. The first-order valence-corrected chi connectivity index (χ1v) is 6.01. The molecule has 0 amide bonds. The van der Waals surface area contributed by atoms with Crippen LogP contribution in [-0.4, -0.2) is 23.4 Å². The molecule has 2 aromatic rings. The SMILES string of the molecule is Cc1cccc(NS(=O)(=O)c2cnc[nH]2)n1. The van der Waals surface area contributed by atoms with E-state index >= 15 is 0 Å². The zero-order chi connectivity index (χ0) is 11.6. The highest BCUT2D eigenvalue weighted by atomic mass is 32.2. The van der Waals surface area contributed by atoms with Gasteiger partial charge in [-0.1, -0.05) is 6.07 Å². The lowest BCUT2D eigenvalue weighted by molar-refractivity contribution is 0.598. The topological polar surface area (TPSA) is 87.7 Å². The molecule has 0 bridgehead atoms. The van der Waals surface area contributed by atoms with Crippen molar-refractivity contribution >= 4 is 15.8 Å². The second kappa shape index (κ2) is 3.93. The number of nitrogens with one attached hydrogen (secondary N) is 2. The molecule has 0 unspecified atom stereocenters. The smallest absolute Gasteiger partial charge is 0.280 e. The third kappa shape index (κ3) is 2.19. The van der Waals surface area contributed by atoms with Gasteiger partial charge in [0.15, 0.2) is 5.03 Å². The van der Waals surface area contributed by atoms with E-state index in [9.17, 15) is 8.42 Å². The van der Waals surface area contributed by atoms with Gasteiger partial charge in [0.05, 0.1) is 12.5 Å². The lowest BCUT2D eigenvalue weighted by Gasteiger charge is -2.05. The number of pyridine rings is 1. The maximum atomic E-state index is 11.8. The van der Waals surface area contributed by atoms with Gasteiger partial charge >= 0.3 is 0 Å². The van der Waals surface area contributed by atoms with E-state index in [1.807, 2.05) is 0 Å². The molecule has 7 heteroatoms. The number of H-pyrrole nitrogens is 1. The summed E-state index contributed by atoms with van der Waals surface area (Å²) in [5.74, 6) is 0.287. The number of hydrogen-bond donors (Lipinski definition) is 2. The molecular weight excluding hydrogens is 228 g/mol. The van der Waals surface area contributed by atoms with Gasteiger partial charge in [0, 0.05) is 5.69 Å². The summed E-state index contributed by atoms with van der Waals surface area (Å²) in [6, 6.07) is 5.10. The van der Waals surface area contributed by atoms with Gasteiger partial charge in [0.2, 0.25) is 0 Å². The van der Waals surface area contributed by atoms with Crippen LogP contribution in [0.5, 0.6) is 0 Å². The van der Waals surface area contributed by atoms with Crippen LogP contribution >= 0.6 is 0 Å². The van der Waals surface area contributed by atoms with Crippen molar-refractivity contribution in [1.82, 2.24) is 15.0 Å². The van der Waals surface area contributed by atoms with E-state index in [0.29, 0.717) is 0 Å². The Morgan fingerprint density at radius 1 is 1.38 bits per heavy atom. The number of aromatic amines is 1. The van der Waals surface area contributed by atoms with Gasteiger partial charge < -0.3 is 4.98 Å². The standard InChI is InChI=1S/C9H10N4O2S/c1-7-3-2-4-8(12-7)13-16(14,15)9-5-10-6-11-9/h2-6H,1H3,(H,10,11)(H,12,13). The van der Waals surface area contributed by atoms with E-state index in [4.69, 9.17) is 0 Å². The minimum atomic E-state index is -3.62. The fourth-order valence-electron chi connectivity index (χ4n) is 1.18. The Bertz CT molecular complexity index is 577. The average Bonchev–Trinajstić information content (AvgIpc) is 2.69. The van der Waals surface area contributed by atoms with Crippen LogP contribution in [0.25, 0.3) is 0 Å². The van der Waals surface area contributed by atoms with Crippen LogP contribution in [0.15, 0.2) is 35.7 Å². The van der Waals surface area contributed by atoms with Gasteiger partial charge in [-0.2, -0.15) is 8.42 Å². The van der Waals surface area contributed by atoms with Crippen LogP contribution in [0.1, 0.15) is 5.69 Å². The Morgan fingerprint density at radius 2 is 2.19 bits per heavy atom. The van der Waals surface area contributed by atoms with Gasteiger partial charge in [-0.25, -0.2) is 9.97 Å². The Balaban J connectivity index is 2.29. The Kier molecular flexibility index (Phi) is 2.61. The van der Waals surface area contributed by atoms with Gasteiger partial charge in [-0.3, -0.25) is 4.72 Å². The largest absolute Gasteiger partial charge is 0.334 e. The molecule has 0 atom stereocenters. The number of aryl methyl sites for hydroxylation is 1. The quantitative estimate of drug-likeness (QED) is 0.832. The summed E-state index contributed by atoms with van der Waals surface area (Å²) in [5, 5.41) is 0.0100. The maximum Gasteiger partial charge on any atom is 0.280 e. The number of imidazole rings is 1. The third-order valence-corrected chi connectivity index (χ3v) is 3.17. The van der Waals surface area contributed by atoms with E-state index in [1.165, 1.54) is 12.5 Å². The maximum absolute atomic E-state index is 11.8. The van der Waals surface area contributed by atoms with Crippen molar-refractivity contribution < 1.29 is 8.42 Å². The van der Waals surface area contributed by atoms with Crippen molar-refractivity contribution in [3.05, 3.63) is 36.4 Å². The second-order valence-corrected chi connectivity index (χ2v) is 4.84. The molecule has 0 aliphatic heterocycles. The number of hydrogen-bond acceptors (Lipinski definition) is 4. The number of sulfonamides is 1. The van der Waals surface area contributed by atoms with E-state index in [2.05, 4.69) is 19.7 Å². The molecule has 2 rings (SSSR count). The normalized spacial score (nSPS) is 11.3. The minimum absolute atomic E-state index is 0.0100. The number of aromatic nitrogens is 3. The van der Waals surface area contributed by atoms with Crippen molar-refractivity contribution in [3.63, 3.8) is 0 Å². The summed E-state index contributed by atoms with van der Waals surface area (Å²) < 4.78 is 25.9. The summed E-state index contributed by atoms with van der Waals surface area (Å²) in [7, 11) is -3.62. The van der Waals surface area contributed by atoms with Crippen LogP contribution in [0.2, 0.25) is 0 Å². The number of anilines is 1. The minimum Gasteiger partial charge on any atom is -0.334 e. The first-order valence-electron chi connectivity index (χ1n) is 4.53. The van der Waals surface area contributed by atoms with Crippen LogP contribution in [0.3, 0.4) is 0 Å². The lowest BCUT2D eigenvalue weighted by atomic mass is 10.4. The number of nitrogens with zero attached hydrogens (tertiary/aromatic N) is 2. The predicted molar refractivity (Wildman–Crippen MR) is 58.4 cm³/mol. The molecule has 0 radical (unpaired) electrons. The van der Waals surface area contributed by atoms with Gasteiger partial charge in [0.25, 0.3) is 10.0 Å². The summed E-state index contributed by atoms with van der Waals surface area (Å²) in [4.78, 5) is 10.2. The molecule has 2 heterocycles. The van der Waals surface area contributed by atoms with Crippen molar-refractivity contribution in [2.75, 3.05) is 4.72 Å². The summed E-state index contributed by atoms with van der Waals surface area (Å²) >= 11 is 0. The molecule has 84 valence electrons. The van der Waals surface area contributed by atoms with Crippen LogP contribution < -0.4 is 4.72 Å². The summed E-state index contributed by atoms with van der Waals surface area (Å²) in [6.45, 7) is 1.79. The average molecular weight is 238 g/mol. The highest BCUT2D eigenvalue weighted by molar-refractivity contribution is 7.92. The molecule has 0 fully saturated rings. The molecule has 0 aliphatic rings. The summed E-state index contributed by atoms with van der Waals surface area (Å²) in [5.41, 5.74) is 0.741. The van der Waals surface area contributed by atoms with E-state index in [-0.39, 0.29) is 10.8 Å². The van der Waals surface area contributed by atoms with Crippen LogP contribution in [0.4, 0.5) is 5.82 Å². The van der Waals surface area contributed by atoms with Gasteiger partial charge in [0.1, 0.15) is 5.82 Å². The molecule has 2 aromatic heterocycles. The van der Waals surface area contributed by atoms with Crippen molar-refractivity contribution in [2.45, 2.75) is 11.9 Å². The molecule has 0 aromatic carbocycles. The fraction of sp³-hybridized carbons (Fsp3) is 0.111. The van der Waals surface area contributed by atoms with E-state index in [1.54, 1.807) is 25.1 Å². The van der Waals surface area contributed by atoms with E-state index < -0.39 is 10.0 Å². The van der Waals surface area contributed by atoms with E-state index in [0.717, 1.165) is 5.69 Å². The first kappa shape index (κ1) is 10.6. The third-order valence-electron chi connectivity index (χ3n) is 1.89. The van der Waals surface area contributed by atoms with Crippen molar-refractivity contribution in [1.29, 1.82) is 0 Å². The summed E-state index contributed by atoms with van der Waals surface area (Å²) in [6.07, 6.45) is 2.54. The van der Waals surface area contributed by atoms with Gasteiger partial charge in [-0.05, 0) is 19.1 Å². The molecule has 0 spiro atoms. The Labute approximate surface area is 92.8 Å². The predicted octanol–water partition coefficient (Wildman–Crippen LogP) is 0.914. The highest BCUT2D eigenvalue weighted by Crippen LogP contribution is 2.11. The molecule has 0 aliphatic carbocycles. The molecule has 2 N–H and O–H groups in total. The Hall–Kier alpha value is -1.89. The Morgan fingerprint density at radius 3 is 2.81 bits per heavy atom. The van der Waals surface area contributed by atoms with Crippen molar-refractivity contribution in [3.8, 4) is 0 Å². The second-order valence-electron chi connectivity index (χ2n) is 3.19.